The summed E-state index contributed by atoms with van der Waals surface area (Å²) >= 11 is 0. The molecule has 1 saturated heterocycles. The van der Waals surface area contributed by atoms with Crippen LogP contribution in [-0.4, -0.2) is 55.2 Å². The van der Waals surface area contributed by atoms with Crippen molar-refractivity contribution in [3.63, 3.8) is 0 Å². The monoisotopic (exact) mass is 466 g/mol. The van der Waals surface area contributed by atoms with Crippen LogP contribution in [0.4, 0.5) is 10.1 Å². The molecule has 1 aliphatic rings. The molecular formula is C24H23FN4O5. The predicted octanol–water partition coefficient (Wildman–Crippen LogP) is 3.25. The van der Waals surface area contributed by atoms with E-state index in [4.69, 9.17) is 18.7 Å². The Morgan fingerprint density at radius 2 is 1.74 bits per heavy atom. The van der Waals surface area contributed by atoms with Crippen LogP contribution in [0.15, 0.2) is 45.8 Å². The number of pyridine rings is 1. The van der Waals surface area contributed by atoms with Gasteiger partial charge in [-0.1, -0.05) is 5.16 Å². The second kappa shape index (κ2) is 8.79. The average molecular weight is 466 g/mol. The Bertz CT molecular complexity index is 1400. The molecule has 0 unspecified atom stereocenters. The van der Waals surface area contributed by atoms with E-state index in [1.807, 2.05) is 4.90 Å². The van der Waals surface area contributed by atoms with Crippen LogP contribution in [0, 0.1) is 5.82 Å². The summed E-state index contributed by atoms with van der Waals surface area (Å²) in [6.07, 6.45) is 1.62. The molecule has 0 spiro atoms. The smallest absolute Gasteiger partial charge is 0.263 e. The molecule has 1 fully saturated rings. The zero-order chi connectivity index (χ0) is 23.8. The molecular weight excluding hydrogens is 443 g/mol. The van der Waals surface area contributed by atoms with Crippen LogP contribution in [0.25, 0.3) is 33.7 Å². The lowest BCUT2D eigenvalue weighted by molar-refractivity contribution is 0.122. The van der Waals surface area contributed by atoms with Gasteiger partial charge in [-0.2, -0.15) is 4.98 Å². The summed E-state index contributed by atoms with van der Waals surface area (Å²) in [5.41, 5.74) is 1.45. The average Bonchev–Trinajstić information content (AvgIpc) is 3.36. The molecule has 9 nitrogen and oxygen atoms in total. The lowest BCUT2D eigenvalue weighted by atomic mass is 10.1. The summed E-state index contributed by atoms with van der Waals surface area (Å²) in [6.45, 7) is 2.25. The van der Waals surface area contributed by atoms with E-state index in [0.717, 1.165) is 0 Å². The minimum atomic E-state index is -0.460. The van der Waals surface area contributed by atoms with Crippen molar-refractivity contribution >= 4 is 16.6 Å². The molecule has 0 radical (unpaired) electrons. The number of hydrogen-bond acceptors (Lipinski definition) is 8. The van der Waals surface area contributed by atoms with Gasteiger partial charge in [0.05, 0.1) is 38.6 Å². The van der Waals surface area contributed by atoms with Gasteiger partial charge in [-0.15, -0.1) is 0 Å². The van der Waals surface area contributed by atoms with Crippen molar-refractivity contribution in [3.8, 4) is 34.3 Å². The number of hydrogen-bond donors (Lipinski definition) is 0. The molecule has 34 heavy (non-hydrogen) atoms. The van der Waals surface area contributed by atoms with Gasteiger partial charge in [0.1, 0.15) is 22.9 Å². The van der Waals surface area contributed by atoms with E-state index < -0.39 is 5.82 Å². The first kappa shape index (κ1) is 21.9. The van der Waals surface area contributed by atoms with Gasteiger partial charge < -0.3 is 28.2 Å². The fraction of sp³-hybridized carbons (Fsp3) is 0.292. The number of benzene rings is 2. The molecule has 2 aromatic carbocycles. The van der Waals surface area contributed by atoms with Crippen molar-refractivity contribution in [2.45, 2.75) is 0 Å². The van der Waals surface area contributed by atoms with Crippen molar-refractivity contribution in [1.29, 1.82) is 0 Å². The molecule has 1 aliphatic heterocycles. The van der Waals surface area contributed by atoms with E-state index in [9.17, 15) is 4.79 Å². The molecule has 0 saturated carbocycles. The van der Waals surface area contributed by atoms with Crippen molar-refractivity contribution in [3.05, 3.63) is 52.6 Å². The van der Waals surface area contributed by atoms with Crippen LogP contribution in [0.5, 0.6) is 11.5 Å². The predicted molar refractivity (Wildman–Crippen MR) is 124 cm³/mol. The molecule has 0 bridgehead atoms. The maximum atomic E-state index is 15.0. The van der Waals surface area contributed by atoms with E-state index >= 15 is 4.39 Å². The molecule has 4 aromatic rings. The van der Waals surface area contributed by atoms with Crippen molar-refractivity contribution in [1.82, 2.24) is 14.7 Å². The van der Waals surface area contributed by atoms with Crippen molar-refractivity contribution in [2.24, 2.45) is 7.05 Å². The maximum absolute atomic E-state index is 15.0. The number of ether oxygens (including phenoxy) is 3. The summed E-state index contributed by atoms with van der Waals surface area (Å²) in [7, 11) is 4.88. The van der Waals surface area contributed by atoms with Crippen molar-refractivity contribution < 1.29 is 23.1 Å². The molecule has 0 atom stereocenters. The van der Waals surface area contributed by atoms with Gasteiger partial charge in [0.2, 0.25) is 11.3 Å². The molecule has 5 rings (SSSR count). The molecule has 0 N–H and O–H groups in total. The highest BCUT2D eigenvalue weighted by atomic mass is 19.1. The Hall–Kier alpha value is -3.92. The fourth-order valence-corrected chi connectivity index (χ4v) is 4.08. The summed E-state index contributed by atoms with van der Waals surface area (Å²) in [5.74, 6) is 0.973. The minimum Gasteiger partial charge on any atom is -0.497 e. The Morgan fingerprint density at radius 1 is 1.03 bits per heavy atom. The number of nitrogens with zero attached hydrogens (tertiary/aromatic N) is 4. The number of aryl methyl sites for hydroxylation is 1. The van der Waals surface area contributed by atoms with Crippen LogP contribution in [0.3, 0.4) is 0 Å². The Labute approximate surface area is 194 Å². The molecule has 2 aromatic heterocycles. The van der Waals surface area contributed by atoms with E-state index in [1.165, 1.54) is 6.07 Å². The van der Waals surface area contributed by atoms with Gasteiger partial charge in [0.15, 0.2) is 0 Å². The fourth-order valence-electron chi connectivity index (χ4n) is 4.08. The Balaban J connectivity index is 1.57. The number of fused-ring (bicyclic) bond motifs is 1. The Kier molecular flexibility index (Phi) is 5.66. The summed E-state index contributed by atoms with van der Waals surface area (Å²) in [5, 5.41) is 4.25. The van der Waals surface area contributed by atoms with Crippen LogP contribution >= 0.6 is 0 Å². The highest BCUT2D eigenvalue weighted by Crippen LogP contribution is 2.30. The molecule has 10 heteroatoms. The second-order valence-corrected chi connectivity index (χ2v) is 7.93. The third kappa shape index (κ3) is 3.86. The van der Waals surface area contributed by atoms with E-state index in [2.05, 4.69) is 10.1 Å². The van der Waals surface area contributed by atoms with Gasteiger partial charge in [0.25, 0.3) is 5.89 Å². The van der Waals surface area contributed by atoms with Gasteiger partial charge in [-0.05, 0) is 24.3 Å². The number of methoxy groups -OCH3 is 2. The van der Waals surface area contributed by atoms with Crippen LogP contribution in [0.1, 0.15) is 0 Å². The normalized spacial score (nSPS) is 13.9. The Morgan fingerprint density at radius 3 is 2.41 bits per heavy atom. The van der Waals surface area contributed by atoms with Gasteiger partial charge in [-0.25, -0.2) is 4.39 Å². The highest BCUT2D eigenvalue weighted by molar-refractivity contribution is 5.86. The third-order valence-corrected chi connectivity index (χ3v) is 5.87. The molecule has 176 valence electrons. The highest BCUT2D eigenvalue weighted by Gasteiger charge is 2.21. The third-order valence-electron chi connectivity index (χ3n) is 5.87. The summed E-state index contributed by atoms with van der Waals surface area (Å²) in [4.78, 5) is 19.6. The first-order chi connectivity index (χ1) is 16.5. The van der Waals surface area contributed by atoms with Crippen molar-refractivity contribution in [2.75, 3.05) is 45.4 Å². The maximum Gasteiger partial charge on any atom is 0.263 e. The zero-order valence-electron chi connectivity index (χ0n) is 19.0. The number of anilines is 1. The number of aromatic nitrogens is 3. The SMILES string of the molecule is COc1cc(OC)cc(-c2noc(-c3cn(C)c4cc(N5CCOCC5)c(F)cc4c3=O)n2)c1. The first-order valence-electron chi connectivity index (χ1n) is 10.7. The van der Waals surface area contributed by atoms with E-state index in [1.54, 1.807) is 56.3 Å². The first-order valence-corrected chi connectivity index (χ1v) is 10.7. The number of halogens is 1. The van der Waals surface area contributed by atoms with E-state index in [-0.39, 0.29) is 28.1 Å². The lowest BCUT2D eigenvalue weighted by Gasteiger charge is -2.29. The standard InChI is InChI=1S/C24H23FN4O5/c1-28-13-18(24-26-23(27-34-24)14-8-15(31-2)10-16(9-14)32-3)22(30)17-11-19(25)21(12-20(17)28)29-4-6-33-7-5-29/h8-13H,4-7H2,1-3H3. The minimum absolute atomic E-state index is 0.0388. The van der Waals surface area contributed by atoms with Crippen LogP contribution < -0.4 is 19.8 Å². The quantitative estimate of drug-likeness (QED) is 0.443. The molecule has 0 aliphatic carbocycles. The van der Waals surface area contributed by atoms with Gasteiger partial charge in [-0.3, -0.25) is 4.79 Å². The van der Waals surface area contributed by atoms with Gasteiger partial charge in [0, 0.05) is 43.4 Å². The molecule has 3 heterocycles. The molecule has 0 amide bonds. The lowest BCUT2D eigenvalue weighted by Crippen LogP contribution is -2.36. The largest absolute Gasteiger partial charge is 0.497 e. The summed E-state index contributed by atoms with van der Waals surface area (Å²) in [6, 6.07) is 8.17. The topological polar surface area (TPSA) is 91.9 Å². The zero-order valence-corrected chi connectivity index (χ0v) is 19.0. The summed E-state index contributed by atoms with van der Waals surface area (Å²) < 4.78 is 38.1. The van der Waals surface area contributed by atoms with Crippen LogP contribution in [-0.2, 0) is 11.8 Å². The number of morpholine rings is 1. The van der Waals surface area contributed by atoms with E-state index in [0.29, 0.717) is 54.6 Å². The van der Waals surface area contributed by atoms with Gasteiger partial charge >= 0.3 is 0 Å². The van der Waals surface area contributed by atoms with Crippen LogP contribution in [0.2, 0.25) is 0 Å². The second-order valence-electron chi connectivity index (χ2n) is 7.93. The number of rotatable bonds is 5.